The van der Waals surface area contributed by atoms with Gasteiger partial charge in [-0.25, -0.2) is 4.98 Å². The lowest BCUT2D eigenvalue weighted by atomic mass is 10.0. The van der Waals surface area contributed by atoms with Crippen molar-refractivity contribution in [2.75, 3.05) is 6.54 Å². The molecule has 0 amide bonds. The van der Waals surface area contributed by atoms with Gasteiger partial charge in [-0.05, 0) is 30.7 Å². The Balaban J connectivity index is 1.51. The van der Waals surface area contributed by atoms with Gasteiger partial charge in [-0.3, -0.25) is 0 Å². The molecular weight excluding hydrogens is 318 g/mol. The molecule has 1 aliphatic rings. The number of aromatic nitrogens is 1. The number of nitrogens with one attached hydrogen (secondary N) is 2. The smallest absolute Gasteiger partial charge is 0.134 e. The van der Waals surface area contributed by atoms with E-state index in [-0.39, 0.29) is 0 Å². The lowest BCUT2D eigenvalue weighted by Crippen LogP contribution is -2.34. The molecule has 0 aliphatic carbocycles. The Hall–Kier alpha value is -1.94. The predicted molar refractivity (Wildman–Crippen MR) is 99.2 cm³/mol. The average Bonchev–Trinajstić information content (AvgIpc) is 3.09. The van der Waals surface area contributed by atoms with Crippen molar-refractivity contribution in [2.24, 2.45) is 0 Å². The van der Waals surface area contributed by atoms with E-state index in [1.165, 1.54) is 5.56 Å². The molecule has 2 unspecified atom stereocenters. The summed E-state index contributed by atoms with van der Waals surface area (Å²) in [4.78, 5) is 4.51. The van der Waals surface area contributed by atoms with Gasteiger partial charge < -0.3 is 10.6 Å². The van der Waals surface area contributed by atoms with Gasteiger partial charge >= 0.3 is 0 Å². The Morgan fingerprint density at radius 1 is 1.08 bits per heavy atom. The van der Waals surface area contributed by atoms with E-state index in [0.29, 0.717) is 17.2 Å². The van der Waals surface area contributed by atoms with E-state index >= 15 is 0 Å². The van der Waals surface area contributed by atoms with E-state index in [0.717, 1.165) is 36.0 Å². The molecule has 1 fully saturated rings. The van der Waals surface area contributed by atoms with Gasteiger partial charge in [0.25, 0.3) is 0 Å². The number of rotatable bonds is 4. The van der Waals surface area contributed by atoms with Gasteiger partial charge in [-0.15, -0.1) is 0 Å². The highest BCUT2D eigenvalue weighted by atomic mass is 35.5. The van der Waals surface area contributed by atoms with Crippen LogP contribution >= 0.6 is 11.6 Å². The fourth-order valence-corrected chi connectivity index (χ4v) is 3.65. The van der Waals surface area contributed by atoms with Crippen molar-refractivity contribution in [3.05, 3.63) is 76.9 Å². The van der Waals surface area contributed by atoms with E-state index in [1.54, 1.807) is 0 Å². The molecule has 1 aliphatic heterocycles. The van der Waals surface area contributed by atoms with Crippen LogP contribution in [0.15, 0.2) is 60.7 Å². The first kappa shape index (κ1) is 15.6. The first-order valence-electron chi connectivity index (χ1n) is 8.37. The molecule has 4 rings (SSSR count). The molecule has 0 radical (unpaired) electrons. The summed E-state index contributed by atoms with van der Waals surface area (Å²) in [5.74, 6) is 0. The summed E-state index contributed by atoms with van der Waals surface area (Å²) in [7, 11) is 0. The maximum atomic E-state index is 6.38. The Bertz CT molecular complexity index is 835. The lowest BCUT2D eigenvalue weighted by molar-refractivity contribution is 0.461. The van der Waals surface area contributed by atoms with Crippen LogP contribution in [0.4, 0.5) is 0 Å². The molecule has 24 heavy (non-hydrogen) atoms. The number of nitrogens with zero attached hydrogens (tertiary/aromatic N) is 1. The topological polar surface area (TPSA) is 37.0 Å². The minimum absolute atomic E-state index is 0.346. The average molecular weight is 338 g/mol. The number of pyridine rings is 1. The van der Waals surface area contributed by atoms with Crippen LogP contribution in [0.3, 0.4) is 0 Å². The third kappa shape index (κ3) is 3.16. The van der Waals surface area contributed by atoms with Crippen molar-refractivity contribution in [3.8, 4) is 0 Å². The van der Waals surface area contributed by atoms with Crippen LogP contribution in [0, 0.1) is 0 Å². The van der Waals surface area contributed by atoms with Crippen LogP contribution in [0.25, 0.3) is 10.9 Å². The second kappa shape index (κ2) is 6.89. The predicted octanol–water partition coefficient (Wildman–Crippen LogP) is 4.08. The first-order valence-corrected chi connectivity index (χ1v) is 8.75. The fraction of sp³-hybridized carbons (Fsp3) is 0.250. The maximum absolute atomic E-state index is 6.38. The zero-order chi connectivity index (χ0) is 16.4. The molecule has 0 spiro atoms. The van der Waals surface area contributed by atoms with E-state index in [2.05, 4.69) is 58.1 Å². The monoisotopic (exact) mass is 337 g/mol. The van der Waals surface area contributed by atoms with Gasteiger partial charge in [-0.1, -0.05) is 60.1 Å². The van der Waals surface area contributed by atoms with Crippen LogP contribution in [0.5, 0.6) is 0 Å². The minimum Gasteiger partial charge on any atom is -0.309 e. The van der Waals surface area contributed by atoms with E-state index in [1.807, 2.05) is 18.2 Å². The van der Waals surface area contributed by atoms with Gasteiger partial charge in [0.1, 0.15) is 5.15 Å². The summed E-state index contributed by atoms with van der Waals surface area (Å²) in [5, 5.41) is 8.97. The number of hydrogen-bond acceptors (Lipinski definition) is 3. The van der Waals surface area contributed by atoms with Crippen molar-refractivity contribution in [3.63, 3.8) is 0 Å². The molecular formula is C20H20ClN3. The largest absolute Gasteiger partial charge is 0.309 e. The van der Waals surface area contributed by atoms with Crippen LogP contribution < -0.4 is 10.6 Å². The summed E-state index contributed by atoms with van der Waals surface area (Å²) in [5.41, 5.74) is 3.32. The van der Waals surface area contributed by atoms with Crippen LogP contribution in [-0.2, 0) is 6.54 Å². The molecule has 2 N–H and O–H groups in total. The summed E-state index contributed by atoms with van der Waals surface area (Å²) in [6.07, 6.45) is 1.11. The van der Waals surface area contributed by atoms with E-state index in [4.69, 9.17) is 11.6 Å². The zero-order valence-corrected chi connectivity index (χ0v) is 14.1. The molecule has 2 heterocycles. The van der Waals surface area contributed by atoms with Gasteiger partial charge in [0, 0.05) is 29.6 Å². The quantitative estimate of drug-likeness (QED) is 0.704. The molecule has 1 aromatic heterocycles. The maximum Gasteiger partial charge on any atom is 0.134 e. The molecule has 4 heteroatoms. The van der Waals surface area contributed by atoms with Crippen molar-refractivity contribution < 1.29 is 0 Å². The second-order valence-electron chi connectivity index (χ2n) is 6.25. The standard InChI is InChI=1S/C20H20ClN3/c21-20-16(12-15-8-4-5-9-17(15)24-20)13-23-18-10-11-22-19(18)14-6-2-1-3-7-14/h1-9,12,18-19,22-23H,10-11,13H2. The number of para-hydroxylation sites is 1. The number of benzene rings is 2. The van der Waals surface area contributed by atoms with E-state index in [9.17, 15) is 0 Å². The van der Waals surface area contributed by atoms with Crippen LogP contribution in [-0.4, -0.2) is 17.6 Å². The fourth-order valence-electron chi connectivity index (χ4n) is 3.43. The Kier molecular flexibility index (Phi) is 4.48. The summed E-state index contributed by atoms with van der Waals surface area (Å²) in [6.45, 7) is 1.76. The Morgan fingerprint density at radius 3 is 2.75 bits per heavy atom. The molecule has 122 valence electrons. The van der Waals surface area contributed by atoms with Gasteiger partial charge in [0.05, 0.1) is 5.52 Å². The minimum atomic E-state index is 0.346. The second-order valence-corrected chi connectivity index (χ2v) is 6.61. The lowest BCUT2D eigenvalue weighted by Gasteiger charge is -2.21. The van der Waals surface area contributed by atoms with E-state index < -0.39 is 0 Å². The Labute approximate surface area is 147 Å². The molecule has 1 saturated heterocycles. The van der Waals surface area contributed by atoms with Crippen molar-refractivity contribution in [2.45, 2.75) is 25.0 Å². The summed E-state index contributed by atoms with van der Waals surface area (Å²) in [6, 6.07) is 21.6. The van der Waals surface area contributed by atoms with Crippen LogP contribution in [0.1, 0.15) is 23.6 Å². The van der Waals surface area contributed by atoms with Crippen molar-refractivity contribution in [1.82, 2.24) is 15.6 Å². The van der Waals surface area contributed by atoms with Gasteiger partial charge in [0.2, 0.25) is 0 Å². The third-order valence-electron chi connectivity index (χ3n) is 4.69. The normalized spacial score (nSPS) is 20.5. The zero-order valence-electron chi connectivity index (χ0n) is 13.4. The highest BCUT2D eigenvalue weighted by molar-refractivity contribution is 6.30. The molecule has 0 saturated carbocycles. The number of halogens is 1. The number of fused-ring (bicyclic) bond motifs is 1. The van der Waals surface area contributed by atoms with Crippen molar-refractivity contribution >= 4 is 22.5 Å². The summed E-state index contributed by atoms with van der Waals surface area (Å²) < 4.78 is 0. The SMILES string of the molecule is Clc1nc2ccccc2cc1CNC1CCNC1c1ccccc1. The van der Waals surface area contributed by atoms with Gasteiger partial charge in [-0.2, -0.15) is 0 Å². The Morgan fingerprint density at radius 2 is 1.88 bits per heavy atom. The molecule has 3 nitrogen and oxygen atoms in total. The molecule has 2 atom stereocenters. The van der Waals surface area contributed by atoms with Crippen molar-refractivity contribution in [1.29, 1.82) is 0 Å². The molecule has 2 aromatic carbocycles. The van der Waals surface area contributed by atoms with Gasteiger partial charge in [0.15, 0.2) is 0 Å². The third-order valence-corrected chi connectivity index (χ3v) is 5.01. The highest BCUT2D eigenvalue weighted by Crippen LogP contribution is 2.25. The molecule has 3 aromatic rings. The molecule has 0 bridgehead atoms. The summed E-state index contributed by atoms with van der Waals surface area (Å²) >= 11 is 6.38. The number of hydrogen-bond donors (Lipinski definition) is 2. The highest BCUT2D eigenvalue weighted by Gasteiger charge is 2.27. The first-order chi connectivity index (χ1) is 11.8. The van der Waals surface area contributed by atoms with Crippen LogP contribution in [0.2, 0.25) is 5.15 Å².